The van der Waals surface area contributed by atoms with Crippen molar-refractivity contribution in [2.75, 3.05) is 12.4 Å². The van der Waals surface area contributed by atoms with Crippen LogP contribution < -0.4 is 5.32 Å². The molecule has 1 N–H and O–H groups in total. The van der Waals surface area contributed by atoms with Gasteiger partial charge in [-0.3, -0.25) is 9.36 Å². The van der Waals surface area contributed by atoms with Crippen LogP contribution in [-0.4, -0.2) is 17.5 Å². The van der Waals surface area contributed by atoms with Gasteiger partial charge in [0, 0.05) is 31.2 Å². The zero-order chi connectivity index (χ0) is 10.1. The molecule has 2 rings (SSSR count). The van der Waals surface area contributed by atoms with Gasteiger partial charge in [0.05, 0.1) is 5.52 Å². The van der Waals surface area contributed by atoms with Crippen LogP contribution in [-0.2, 0) is 0 Å². The van der Waals surface area contributed by atoms with Gasteiger partial charge in [0.15, 0.2) is 0 Å². The Kier molecular flexibility index (Phi) is 2.00. The summed E-state index contributed by atoms with van der Waals surface area (Å²) in [5, 5.41) is 4.17. The number of carbonyl (C=O) groups is 1. The molecule has 0 atom stereocenters. The number of aromatic nitrogens is 1. The van der Waals surface area contributed by atoms with Gasteiger partial charge in [-0.15, -0.1) is 0 Å². The van der Waals surface area contributed by atoms with Crippen molar-refractivity contribution < 1.29 is 4.79 Å². The third-order valence-corrected chi connectivity index (χ3v) is 2.34. The molecule has 1 aromatic carbocycles. The normalized spacial score (nSPS) is 10.4. The molecule has 0 spiro atoms. The first-order valence-electron chi connectivity index (χ1n) is 4.53. The number of nitrogens with one attached hydrogen (secondary N) is 1. The molecule has 1 heterocycles. The van der Waals surface area contributed by atoms with Crippen LogP contribution in [0.25, 0.3) is 10.9 Å². The molecule has 0 fully saturated rings. The fourth-order valence-electron chi connectivity index (χ4n) is 1.66. The number of hydrogen-bond donors (Lipinski definition) is 1. The van der Waals surface area contributed by atoms with E-state index in [0.717, 1.165) is 16.6 Å². The van der Waals surface area contributed by atoms with E-state index < -0.39 is 0 Å². The van der Waals surface area contributed by atoms with Gasteiger partial charge in [-0.25, -0.2) is 0 Å². The number of nitrogens with zero attached hydrogens (tertiary/aromatic N) is 1. The van der Waals surface area contributed by atoms with Crippen LogP contribution in [0.1, 0.15) is 11.7 Å². The second kappa shape index (κ2) is 3.18. The number of benzene rings is 1. The van der Waals surface area contributed by atoms with Crippen molar-refractivity contribution in [2.45, 2.75) is 6.92 Å². The van der Waals surface area contributed by atoms with Crippen LogP contribution in [0.2, 0.25) is 0 Å². The van der Waals surface area contributed by atoms with Crippen LogP contribution in [0.4, 0.5) is 5.69 Å². The van der Waals surface area contributed by atoms with Crippen molar-refractivity contribution in [3.8, 4) is 0 Å². The molecule has 0 saturated carbocycles. The largest absolute Gasteiger partial charge is 0.388 e. The molecule has 0 unspecified atom stereocenters. The third-order valence-electron chi connectivity index (χ3n) is 2.34. The summed E-state index contributed by atoms with van der Waals surface area (Å²) in [6, 6.07) is 7.82. The summed E-state index contributed by atoms with van der Waals surface area (Å²) in [6.07, 6.45) is 1.80. The molecule has 0 amide bonds. The van der Waals surface area contributed by atoms with Crippen LogP contribution in [0, 0.1) is 0 Å². The molecule has 0 saturated heterocycles. The average molecular weight is 188 g/mol. The fourth-order valence-corrected chi connectivity index (χ4v) is 1.66. The van der Waals surface area contributed by atoms with E-state index in [2.05, 4.69) is 5.32 Å². The Balaban J connectivity index is 2.75. The Labute approximate surface area is 82.3 Å². The maximum atomic E-state index is 11.3. The second-order valence-electron chi connectivity index (χ2n) is 3.19. The lowest BCUT2D eigenvalue weighted by atomic mass is 10.2. The summed E-state index contributed by atoms with van der Waals surface area (Å²) in [7, 11) is 1.87. The van der Waals surface area contributed by atoms with E-state index in [1.165, 1.54) is 0 Å². The van der Waals surface area contributed by atoms with E-state index >= 15 is 0 Å². The fraction of sp³-hybridized carbons (Fsp3) is 0.182. The summed E-state index contributed by atoms with van der Waals surface area (Å²) in [5.74, 6) is 0.0354. The van der Waals surface area contributed by atoms with Crippen LogP contribution in [0.15, 0.2) is 30.5 Å². The summed E-state index contributed by atoms with van der Waals surface area (Å²) in [4.78, 5) is 11.3. The third kappa shape index (κ3) is 1.18. The van der Waals surface area contributed by atoms with Gasteiger partial charge < -0.3 is 5.32 Å². The highest BCUT2D eigenvalue weighted by Gasteiger charge is 2.06. The predicted octanol–water partition coefficient (Wildman–Crippen LogP) is 2.34. The molecule has 3 heteroatoms. The molecular formula is C11H12N2O. The number of rotatable bonds is 1. The molecule has 14 heavy (non-hydrogen) atoms. The number of anilines is 1. The number of hydrogen-bond acceptors (Lipinski definition) is 2. The summed E-state index contributed by atoms with van der Waals surface area (Å²) < 4.78 is 1.65. The van der Waals surface area contributed by atoms with Gasteiger partial charge in [0.1, 0.15) is 0 Å². The molecule has 0 aliphatic rings. The molecule has 0 bridgehead atoms. The average Bonchev–Trinajstić information content (AvgIpc) is 2.60. The van der Waals surface area contributed by atoms with Crippen molar-refractivity contribution in [1.29, 1.82) is 0 Å². The molecular weight excluding hydrogens is 176 g/mol. The zero-order valence-corrected chi connectivity index (χ0v) is 8.24. The van der Waals surface area contributed by atoms with Crippen LogP contribution >= 0.6 is 0 Å². The van der Waals surface area contributed by atoms with Crippen LogP contribution in [0.5, 0.6) is 0 Å². The minimum Gasteiger partial charge on any atom is -0.388 e. The lowest BCUT2D eigenvalue weighted by Gasteiger charge is -2.03. The maximum absolute atomic E-state index is 11.3. The topological polar surface area (TPSA) is 34.0 Å². The van der Waals surface area contributed by atoms with Gasteiger partial charge in [-0.2, -0.15) is 0 Å². The summed E-state index contributed by atoms with van der Waals surface area (Å²) in [6.45, 7) is 1.56. The molecule has 3 nitrogen and oxygen atoms in total. The van der Waals surface area contributed by atoms with Gasteiger partial charge in [0.25, 0.3) is 0 Å². The highest BCUT2D eigenvalue weighted by molar-refractivity contribution is 5.98. The molecule has 72 valence electrons. The summed E-state index contributed by atoms with van der Waals surface area (Å²) >= 11 is 0. The Morgan fingerprint density at radius 1 is 1.36 bits per heavy atom. The first kappa shape index (κ1) is 8.81. The first-order chi connectivity index (χ1) is 6.74. The quantitative estimate of drug-likeness (QED) is 0.745. The van der Waals surface area contributed by atoms with E-state index in [9.17, 15) is 4.79 Å². The van der Waals surface area contributed by atoms with Crippen LogP contribution in [0.3, 0.4) is 0 Å². The van der Waals surface area contributed by atoms with E-state index in [4.69, 9.17) is 0 Å². The van der Waals surface area contributed by atoms with Gasteiger partial charge >= 0.3 is 0 Å². The predicted molar refractivity (Wildman–Crippen MR) is 57.8 cm³/mol. The SMILES string of the molecule is CNc1cccc2c1ccn2C(C)=O. The molecule has 0 radical (unpaired) electrons. The lowest BCUT2D eigenvalue weighted by Crippen LogP contribution is -2.02. The van der Waals surface area contributed by atoms with Crippen molar-refractivity contribution in [2.24, 2.45) is 0 Å². The Hall–Kier alpha value is -1.77. The highest BCUT2D eigenvalue weighted by Crippen LogP contribution is 2.23. The van der Waals surface area contributed by atoms with E-state index in [-0.39, 0.29) is 5.91 Å². The molecule has 0 aliphatic carbocycles. The van der Waals surface area contributed by atoms with Gasteiger partial charge in [-0.05, 0) is 18.2 Å². The van der Waals surface area contributed by atoms with Crippen molar-refractivity contribution in [3.05, 3.63) is 30.5 Å². The molecule has 1 aromatic heterocycles. The maximum Gasteiger partial charge on any atom is 0.227 e. The first-order valence-corrected chi connectivity index (χ1v) is 4.53. The minimum absolute atomic E-state index is 0.0354. The standard InChI is InChI=1S/C11H12N2O/c1-8(14)13-7-6-9-10(12-2)4-3-5-11(9)13/h3-7,12H,1-2H3. The van der Waals surface area contributed by atoms with E-state index in [1.54, 1.807) is 17.7 Å². The Morgan fingerprint density at radius 3 is 2.79 bits per heavy atom. The van der Waals surface area contributed by atoms with E-state index in [0.29, 0.717) is 0 Å². The highest BCUT2D eigenvalue weighted by atomic mass is 16.1. The lowest BCUT2D eigenvalue weighted by molar-refractivity contribution is 0.0941. The van der Waals surface area contributed by atoms with Crippen molar-refractivity contribution in [1.82, 2.24) is 4.57 Å². The Bertz CT molecular complexity index is 485. The zero-order valence-electron chi connectivity index (χ0n) is 8.24. The minimum atomic E-state index is 0.0354. The molecule has 2 aromatic rings. The van der Waals surface area contributed by atoms with Crippen molar-refractivity contribution >= 4 is 22.5 Å². The van der Waals surface area contributed by atoms with Gasteiger partial charge in [-0.1, -0.05) is 6.07 Å². The van der Waals surface area contributed by atoms with Gasteiger partial charge in [0.2, 0.25) is 5.91 Å². The summed E-state index contributed by atoms with van der Waals surface area (Å²) in [5.41, 5.74) is 1.99. The number of carbonyl (C=O) groups excluding carboxylic acids is 1. The van der Waals surface area contributed by atoms with Crippen molar-refractivity contribution in [3.63, 3.8) is 0 Å². The Morgan fingerprint density at radius 2 is 2.14 bits per heavy atom. The van der Waals surface area contributed by atoms with E-state index in [1.807, 2.05) is 31.3 Å². The second-order valence-corrected chi connectivity index (χ2v) is 3.19. The monoisotopic (exact) mass is 188 g/mol. The number of fused-ring (bicyclic) bond motifs is 1. The molecule has 0 aliphatic heterocycles. The smallest absolute Gasteiger partial charge is 0.227 e.